The van der Waals surface area contributed by atoms with Gasteiger partial charge in [0.1, 0.15) is 0 Å². The molecule has 110 valence electrons. The first-order valence-corrected chi connectivity index (χ1v) is 7.17. The van der Waals surface area contributed by atoms with E-state index in [1.54, 1.807) is 6.07 Å². The van der Waals surface area contributed by atoms with Crippen molar-refractivity contribution >= 4 is 0 Å². The molecule has 1 aromatic rings. The van der Waals surface area contributed by atoms with Crippen molar-refractivity contribution in [2.45, 2.75) is 65.7 Å². The molecule has 0 saturated heterocycles. The molecule has 0 bridgehead atoms. The number of aryl methyl sites for hydroxylation is 1. The summed E-state index contributed by atoms with van der Waals surface area (Å²) in [7, 11) is 0. The molecule has 0 aromatic heterocycles. The van der Waals surface area contributed by atoms with Crippen LogP contribution < -0.4 is 10.2 Å². The third-order valence-corrected chi connectivity index (χ3v) is 3.49. The Hall–Kier alpha value is -0.686. The maximum absolute atomic E-state index is 12.0. The largest absolute Gasteiger partial charge is 2.00 e. The maximum atomic E-state index is 12.0. The molecule has 0 saturated carbocycles. The minimum atomic E-state index is -0.315. The normalized spacial score (nSPS) is 10.3. The van der Waals surface area contributed by atoms with Crippen LogP contribution in [-0.2, 0) is 35.8 Å². The molecule has 0 N–H and O–H groups in total. The summed E-state index contributed by atoms with van der Waals surface area (Å²) in [5.41, 5.74) is 3.04. The molecule has 19 heavy (non-hydrogen) atoms. The first-order valence-electron chi connectivity index (χ1n) is 7.17. The van der Waals surface area contributed by atoms with Crippen molar-refractivity contribution in [2.24, 2.45) is 0 Å². The van der Waals surface area contributed by atoms with Gasteiger partial charge >= 0.3 is 16.5 Å². The van der Waals surface area contributed by atoms with Gasteiger partial charge in [0.25, 0.3) is 0 Å². The summed E-state index contributed by atoms with van der Waals surface area (Å²) in [5, 5.41) is 23.7. The van der Waals surface area contributed by atoms with Gasteiger partial charge < -0.3 is 10.2 Å². The third-order valence-electron chi connectivity index (χ3n) is 3.49. The van der Waals surface area contributed by atoms with Crippen LogP contribution in [0, 0.1) is 0 Å². The van der Waals surface area contributed by atoms with Crippen LogP contribution in [0.5, 0.6) is 11.5 Å². The van der Waals surface area contributed by atoms with Gasteiger partial charge in [-0.2, -0.15) is 0 Å². The standard InChI is InChI=1S/C16H26O2.Ni/c1-4-7-9-12-11-15(17)16(18)14(10-8-5-2)13(12)6-3;/h11,17-18H,4-10H2,1-3H3;/q;+2/p-2. The summed E-state index contributed by atoms with van der Waals surface area (Å²) in [6, 6.07) is 1.58. The Morgan fingerprint density at radius 1 is 0.895 bits per heavy atom. The van der Waals surface area contributed by atoms with Crippen molar-refractivity contribution in [3.8, 4) is 11.5 Å². The van der Waals surface area contributed by atoms with E-state index in [9.17, 15) is 10.2 Å². The molecule has 0 unspecified atom stereocenters. The fourth-order valence-corrected chi connectivity index (χ4v) is 2.44. The van der Waals surface area contributed by atoms with E-state index in [4.69, 9.17) is 0 Å². The van der Waals surface area contributed by atoms with Crippen LogP contribution in [0.15, 0.2) is 6.07 Å². The molecule has 0 atom stereocenters. The van der Waals surface area contributed by atoms with Gasteiger partial charge in [0.2, 0.25) is 0 Å². The van der Waals surface area contributed by atoms with Crippen molar-refractivity contribution in [1.29, 1.82) is 0 Å². The number of unbranched alkanes of at least 4 members (excludes halogenated alkanes) is 2. The van der Waals surface area contributed by atoms with E-state index in [1.165, 1.54) is 0 Å². The van der Waals surface area contributed by atoms with E-state index in [-0.39, 0.29) is 28.0 Å². The molecule has 1 aromatic carbocycles. The van der Waals surface area contributed by atoms with Crippen LogP contribution in [0.25, 0.3) is 0 Å². The second-order valence-electron chi connectivity index (χ2n) is 4.88. The topological polar surface area (TPSA) is 46.1 Å². The van der Waals surface area contributed by atoms with Crippen LogP contribution in [0.4, 0.5) is 0 Å². The summed E-state index contributed by atoms with van der Waals surface area (Å²) in [6.07, 6.45) is 6.77. The van der Waals surface area contributed by atoms with Crippen molar-refractivity contribution in [2.75, 3.05) is 0 Å². The number of rotatable bonds is 7. The zero-order valence-corrected chi connectivity index (χ0v) is 13.1. The van der Waals surface area contributed by atoms with Crippen LogP contribution in [0.2, 0.25) is 0 Å². The van der Waals surface area contributed by atoms with Crippen molar-refractivity contribution in [3.05, 3.63) is 22.8 Å². The van der Waals surface area contributed by atoms with Gasteiger partial charge in [0, 0.05) is 0 Å². The van der Waals surface area contributed by atoms with Gasteiger partial charge in [0.05, 0.1) is 0 Å². The average molecular weight is 307 g/mol. The second kappa shape index (κ2) is 9.25. The molecular formula is C16H24NiO2. The monoisotopic (exact) mass is 306 g/mol. The first kappa shape index (κ1) is 18.3. The number of benzene rings is 1. The first-order chi connectivity index (χ1) is 8.65. The van der Waals surface area contributed by atoms with E-state index in [2.05, 4.69) is 20.8 Å². The Morgan fingerprint density at radius 3 is 2.00 bits per heavy atom. The minimum Gasteiger partial charge on any atom is -0.873 e. The Morgan fingerprint density at radius 2 is 1.47 bits per heavy atom. The third kappa shape index (κ3) is 4.72. The molecule has 0 amide bonds. The van der Waals surface area contributed by atoms with Gasteiger partial charge in [-0.25, -0.2) is 0 Å². The molecule has 0 aliphatic carbocycles. The fraction of sp³-hybridized carbons (Fsp3) is 0.625. The molecule has 0 aliphatic rings. The van der Waals surface area contributed by atoms with Crippen molar-refractivity contribution < 1.29 is 26.7 Å². The number of hydrogen-bond donors (Lipinski definition) is 0. The van der Waals surface area contributed by atoms with Gasteiger partial charge in [-0.15, -0.1) is 11.5 Å². The Balaban J connectivity index is 0.00000324. The Kier molecular flexibility index (Phi) is 8.92. The summed E-state index contributed by atoms with van der Waals surface area (Å²) < 4.78 is 0. The van der Waals surface area contributed by atoms with Crippen LogP contribution >= 0.6 is 0 Å². The molecule has 3 heteroatoms. The van der Waals surface area contributed by atoms with Crippen molar-refractivity contribution in [1.82, 2.24) is 0 Å². The minimum absolute atomic E-state index is 0. The van der Waals surface area contributed by atoms with Crippen molar-refractivity contribution in [3.63, 3.8) is 0 Å². The smallest absolute Gasteiger partial charge is 0.873 e. The summed E-state index contributed by atoms with van der Waals surface area (Å²) in [6.45, 7) is 6.32. The van der Waals surface area contributed by atoms with E-state index < -0.39 is 0 Å². The molecule has 0 aliphatic heterocycles. The van der Waals surface area contributed by atoms with Gasteiger partial charge in [-0.1, -0.05) is 45.2 Å². The molecule has 0 radical (unpaired) electrons. The fourth-order valence-electron chi connectivity index (χ4n) is 2.44. The molecule has 1 rings (SSSR count). The molecule has 2 nitrogen and oxygen atoms in total. The summed E-state index contributed by atoms with van der Waals surface area (Å²) in [5.74, 6) is -0.579. The van der Waals surface area contributed by atoms with Crippen LogP contribution in [-0.4, -0.2) is 0 Å². The zero-order chi connectivity index (χ0) is 13.5. The van der Waals surface area contributed by atoms with Gasteiger partial charge in [-0.05, 0) is 43.2 Å². The Bertz CT molecular complexity index is 389. The van der Waals surface area contributed by atoms with E-state index >= 15 is 0 Å². The van der Waals surface area contributed by atoms with E-state index in [1.807, 2.05) is 0 Å². The van der Waals surface area contributed by atoms with Crippen LogP contribution in [0.3, 0.4) is 0 Å². The van der Waals surface area contributed by atoms with E-state index in [0.717, 1.165) is 61.6 Å². The average Bonchev–Trinajstić information content (AvgIpc) is 2.38. The maximum Gasteiger partial charge on any atom is 2.00 e. The van der Waals surface area contributed by atoms with Gasteiger partial charge in [0.15, 0.2) is 0 Å². The van der Waals surface area contributed by atoms with E-state index in [0.29, 0.717) is 0 Å². The van der Waals surface area contributed by atoms with Crippen LogP contribution in [0.1, 0.15) is 63.1 Å². The Labute approximate surface area is 127 Å². The predicted molar refractivity (Wildman–Crippen MR) is 71.9 cm³/mol. The molecule has 0 fully saturated rings. The second-order valence-corrected chi connectivity index (χ2v) is 4.88. The SMILES string of the molecule is CCCCc1cc([O-])c([O-])c(CCCC)c1CC.[Ni+2]. The van der Waals surface area contributed by atoms with Gasteiger partial charge in [-0.3, -0.25) is 0 Å². The quantitative estimate of drug-likeness (QED) is 0.727. The number of hydrogen-bond acceptors (Lipinski definition) is 2. The molecule has 0 spiro atoms. The molecule has 0 heterocycles. The zero-order valence-electron chi connectivity index (χ0n) is 12.2. The summed E-state index contributed by atoms with van der Waals surface area (Å²) >= 11 is 0. The predicted octanol–water partition coefficient (Wildman–Crippen LogP) is 3.08. The molecular weight excluding hydrogens is 283 g/mol. The summed E-state index contributed by atoms with van der Waals surface area (Å²) in [4.78, 5) is 0.